The van der Waals surface area contributed by atoms with Crippen LogP contribution >= 0.6 is 11.6 Å². The molecule has 0 saturated carbocycles. The molecule has 6 heteroatoms. The Labute approximate surface area is 185 Å². The van der Waals surface area contributed by atoms with Crippen LogP contribution in [0.2, 0.25) is 5.02 Å². The van der Waals surface area contributed by atoms with E-state index in [1.165, 1.54) is 12.0 Å². The summed E-state index contributed by atoms with van der Waals surface area (Å²) in [6.45, 7) is 0. The largest absolute Gasteiger partial charge is 0.465 e. The van der Waals surface area contributed by atoms with Crippen molar-refractivity contribution >= 4 is 29.0 Å². The Morgan fingerprint density at radius 3 is 2.13 bits per heavy atom. The zero-order valence-electron chi connectivity index (χ0n) is 16.9. The lowest BCUT2D eigenvalue weighted by atomic mass is 9.86. The molecule has 0 amide bonds. The lowest BCUT2D eigenvalue weighted by Gasteiger charge is -2.36. The zero-order chi connectivity index (χ0) is 22.0. The molecule has 1 heterocycles. The van der Waals surface area contributed by atoms with Crippen molar-refractivity contribution in [2.45, 2.75) is 24.1 Å². The van der Waals surface area contributed by atoms with Crippen LogP contribution in [0.4, 0.5) is 5.69 Å². The molecular formula is C25H22ClNO4. The van der Waals surface area contributed by atoms with E-state index in [0.29, 0.717) is 16.3 Å². The molecule has 158 valence electrons. The standard InChI is InChI=1S/C25H22ClNO4/c1-31-24(29)25(30)16-21(17-8-4-2-5-9-17)22(27(25)20-10-6-3-7-11-20)23(28)18-12-14-19(26)15-13-18/h2-15,21-22,30H,16H2,1H3. The summed E-state index contributed by atoms with van der Waals surface area (Å²) in [6, 6.07) is 24.2. The molecule has 1 saturated heterocycles. The first-order chi connectivity index (χ1) is 15.0. The molecule has 1 aliphatic rings. The topological polar surface area (TPSA) is 66.8 Å². The summed E-state index contributed by atoms with van der Waals surface area (Å²) < 4.78 is 4.96. The second-order valence-electron chi connectivity index (χ2n) is 7.55. The quantitative estimate of drug-likeness (QED) is 0.474. The van der Waals surface area contributed by atoms with Gasteiger partial charge >= 0.3 is 5.97 Å². The number of esters is 1. The van der Waals surface area contributed by atoms with E-state index in [2.05, 4.69) is 0 Å². The smallest absolute Gasteiger partial charge is 0.359 e. The second-order valence-corrected chi connectivity index (χ2v) is 7.99. The molecule has 3 aromatic carbocycles. The predicted molar refractivity (Wildman–Crippen MR) is 119 cm³/mol. The van der Waals surface area contributed by atoms with Crippen molar-refractivity contribution in [2.75, 3.05) is 12.0 Å². The van der Waals surface area contributed by atoms with Gasteiger partial charge in [-0.25, -0.2) is 4.79 Å². The molecule has 0 aliphatic carbocycles. The molecular weight excluding hydrogens is 414 g/mol. The molecule has 0 bridgehead atoms. The number of hydrogen-bond acceptors (Lipinski definition) is 5. The molecule has 3 unspecified atom stereocenters. The van der Waals surface area contributed by atoms with Gasteiger partial charge in [0.1, 0.15) is 6.04 Å². The predicted octanol–water partition coefficient (Wildman–Crippen LogP) is 4.45. The van der Waals surface area contributed by atoms with Crippen molar-refractivity contribution in [1.82, 2.24) is 0 Å². The maximum Gasteiger partial charge on any atom is 0.359 e. The number of carbonyl (C=O) groups is 2. The van der Waals surface area contributed by atoms with Crippen LogP contribution in [0.3, 0.4) is 0 Å². The molecule has 0 radical (unpaired) electrons. The maximum atomic E-state index is 13.8. The second kappa shape index (κ2) is 8.53. The van der Waals surface area contributed by atoms with Crippen LogP contribution < -0.4 is 4.90 Å². The highest BCUT2D eigenvalue weighted by molar-refractivity contribution is 6.30. The minimum Gasteiger partial charge on any atom is -0.465 e. The number of ether oxygens (including phenoxy) is 1. The Balaban J connectivity index is 1.90. The molecule has 31 heavy (non-hydrogen) atoms. The highest BCUT2D eigenvalue weighted by atomic mass is 35.5. The average molecular weight is 436 g/mol. The van der Waals surface area contributed by atoms with E-state index in [0.717, 1.165) is 5.56 Å². The summed E-state index contributed by atoms with van der Waals surface area (Å²) in [5.74, 6) is -1.45. The van der Waals surface area contributed by atoms with E-state index in [1.807, 2.05) is 36.4 Å². The molecule has 1 N–H and O–H groups in total. The fourth-order valence-corrected chi connectivity index (χ4v) is 4.45. The van der Waals surface area contributed by atoms with E-state index in [1.54, 1.807) is 48.5 Å². The number of benzene rings is 3. The van der Waals surface area contributed by atoms with Crippen LogP contribution in [0.15, 0.2) is 84.9 Å². The summed E-state index contributed by atoms with van der Waals surface area (Å²) >= 11 is 6.01. The van der Waals surface area contributed by atoms with Gasteiger partial charge in [-0.05, 0) is 42.0 Å². The normalized spacial score (nSPS) is 22.9. The average Bonchev–Trinajstić information content (AvgIpc) is 3.14. The highest BCUT2D eigenvalue weighted by Crippen LogP contribution is 2.46. The van der Waals surface area contributed by atoms with Crippen molar-refractivity contribution in [1.29, 1.82) is 0 Å². The number of methoxy groups -OCH3 is 1. The van der Waals surface area contributed by atoms with Gasteiger partial charge in [-0.15, -0.1) is 0 Å². The van der Waals surface area contributed by atoms with Crippen molar-refractivity contribution < 1.29 is 19.4 Å². The maximum absolute atomic E-state index is 13.8. The van der Waals surface area contributed by atoms with Gasteiger partial charge in [0.25, 0.3) is 0 Å². The fourth-order valence-electron chi connectivity index (χ4n) is 4.32. The Kier molecular flexibility index (Phi) is 5.81. The van der Waals surface area contributed by atoms with Gasteiger partial charge in [-0.1, -0.05) is 60.1 Å². The van der Waals surface area contributed by atoms with Crippen LogP contribution in [0, 0.1) is 0 Å². The van der Waals surface area contributed by atoms with Crippen LogP contribution in [0.5, 0.6) is 0 Å². The van der Waals surface area contributed by atoms with Gasteiger partial charge in [0.15, 0.2) is 5.78 Å². The summed E-state index contributed by atoms with van der Waals surface area (Å²) in [4.78, 5) is 28.1. The minimum absolute atomic E-state index is 0.0164. The van der Waals surface area contributed by atoms with E-state index in [4.69, 9.17) is 16.3 Å². The van der Waals surface area contributed by atoms with E-state index < -0.39 is 23.7 Å². The number of carbonyl (C=O) groups excluding carboxylic acids is 2. The molecule has 0 spiro atoms. The number of nitrogens with zero attached hydrogens (tertiary/aromatic N) is 1. The Hall–Kier alpha value is -3.15. The third kappa shape index (κ3) is 3.82. The van der Waals surface area contributed by atoms with Crippen LogP contribution in [0.25, 0.3) is 0 Å². The van der Waals surface area contributed by atoms with Gasteiger partial charge in [0, 0.05) is 28.6 Å². The molecule has 5 nitrogen and oxygen atoms in total. The van der Waals surface area contributed by atoms with Crippen LogP contribution in [0.1, 0.15) is 28.3 Å². The van der Waals surface area contributed by atoms with E-state index >= 15 is 0 Å². The zero-order valence-corrected chi connectivity index (χ0v) is 17.7. The van der Waals surface area contributed by atoms with Crippen molar-refractivity contribution in [3.05, 3.63) is 101 Å². The Bertz CT molecular complexity index is 1070. The summed E-state index contributed by atoms with van der Waals surface area (Å²) in [7, 11) is 1.23. The summed E-state index contributed by atoms with van der Waals surface area (Å²) in [6.07, 6.45) is 0.0164. The third-order valence-corrected chi connectivity index (χ3v) is 5.99. The number of para-hydroxylation sites is 1. The third-order valence-electron chi connectivity index (χ3n) is 5.73. The number of rotatable bonds is 5. The number of anilines is 1. The van der Waals surface area contributed by atoms with Gasteiger partial charge in [-0.3, -0.25) is 4.79 Å². The Morgan fingerprint density at radius 2 is 1.55 bits per heavy atom. The van der Waals surface area contributed by atoms with Crippen LogP contribution in [-0.4, -0.2) is 35.7 Å². The SMILES string of the molecule is COC(=O)C1(O)CC(c2ccccc2)C(C(=O)c2ccc(Cl)cc2)N1c1ccccc1. The number of ketones is 1. The minimum atomic E-state index is -2.00. The molecule has 3 aromatic rings. The molecule has 3 atom stereocenters. The van der Waals surface area contributed by atoms with Gasteiger partial charge in [0.05, 0.1) is 7.11 Å². The molecule has 1 fully saturated rings. The highest BCUT2D eigenvalue weighted by Gasteiger charge is 2.58. The van der Waals surface area contributed by atoms with Gasteiger partial charge in [-0.2, -0.15) is 0 Å². The number of aliphatic hydroxyl groups is 1. The van der Waals surface area contributed by atoms with Gasteiger partial charge in [0.2, 0.25) is 5.72 Å². The first kappa shape index (κ1) is 21.1. The van der Waals surface area contributed by atoms with Crippen molar-refractivity contribution in [3.8, 4) is 0 Å². The summed E-state index contributed by atoms with van der Waals surface area (Å²) in [5, 5.41) is 12.1. The number of Topliss-reactive ketones (excluding diaryl/α,β-unsaturated/α-hetero) is 1. The monoisotopic (exact) mass is 435 g/mol. The van der Waals surface area contributed by atoms with Crippen LogP contribution in [-0.2, 0) is 9.53 Å². The van der Waals surface area contributed by atoms with Crippen molar-refractivity contribution in [2.24, 2.45) is 0 Å². The number of halogens is 1. The van der Waals surface area contributed by atoms with E-state index in [9.17, 15) is 14.7 Å². The molecule has 0 aromatic heterocycles. The van der Waals surface area contributed by atoms with E-state index in [-0.39, 0.29) is 12.2 Å². The van der Waals surface area contributed by atoms with Crippen molar-refractivity contribution in [3.63, 3.8) is 0 Å². The summed E-state index contributed by atoms with van der Waals surface area (Å²) in [5.41, 5.74) is -0.134. The molecule has 4 rings (SSSR count). The lowest BCUT2D eigenvalue weighted by molar-refractivity contribution is -0.161. The molecule has 1 aliphatic heterocycles. The number of hydrogen-bond donors (Lipinski definition) is 1. The lowest BCUT2D eigenvalue weighted by Crippen LogP contribution is -2.55. The first-order valence-electron chi connectivity index (χ1n) is 9.95. The Morgan fingerprint density at radius 1 is 0.968 bits per heavy atom. The first-order valence-corrected chi connectivity index (χ1v) is 10.3. The van der Waals surface area contributed by atoms with Gasteiger partial charge < -0.3 is 14.7 Å². The fraction of sp³-hybridized carbons (Fsp3) is 0.200.